The highest BCUT2D eigenvalue weighted by atomic mass is 16.6. The van der Waals surface area contributed by atoms with Gasteiger partial charge in [0.1, 0.15) is 5.75 Å². The number of hydrogen-bond donors (Lipinski definition) is 1. The SMILES string of the molecule is COCC(C)(C)c1cc(NC(=O)Oc2ccccc2)on1. The number of anilines is 1. The number of nitrogens with one attached hydrogen (secondary N) is 1. The smallest absolute Gasteiger partial charge is 0.410 e. The van der Waals surface area contributed by atoms with Gasteiger partial charge in [0.15, 0.2) is 0 Å². The first-order valence-electron chi connectivity index (χ1n) is 6.51. The van der Waals surface area contributed by atoms with Crippen LogP contribution in [0.1, 0.15) is 19.5 Å². The zero-order valence-corrected chi connectivity index (χ0v) is 12.3. The second-order valence-electron chi connectivity index (χ2n) is 5.22. The average molecular weight is 290 g/mol. The summed E-state index contributed by atoms with van der Waals surface area (Å²) < 4.78 is 15.3. The third-order valence-electron chi connectivity index (χ3n) is 2.89. The minimum Gasteiger partial charge on any atom is -0.410 e. The van der Waals surface area contributed by atoms with Crippen molar-refractivity contribution in [3.8, 4) is 5.75 Å². The van der Waals surface area contributed by atoms with E-state index >= 15 is 0 Å². The Hall–Kier alpha value is -2.34. The first-order chi connectivity index (χ1) is 10.0. The van der Waals surface area contributed by atoms with Gasteiger partial charge in [-0.3, -0.25) is 5.32 Å². The van der Waals surface area contributed by atoms with Gasteiger partial charge >= 0.3 is 6.09 Å². The first-order valence-corrected chi connectivity index (χ1v) is 6.51. The number of benzene rings is 1. The van der Waals surface area contributed by atoms with Crippen molar-refractivity contribution in [3.05, 3.63) is 42.1 Å². The zero-order chi connectivity index (χ0) is 15.3. The van der Waals surface area contributed by atoms with Crippen LogP contribution in [0.15, 0.2) is 40.9 Å². The molecule has 0 spiro atoms. The maximum absolute atomic E-state index is 11.7. The van der Waals surface area contributed by atoms with Crippen LogP contribution in [0.2, 0.25) is 0 Å². The lowest BCUT2D eigenvalue weighted by atomic mass is 9.91. The molecule has 1 amide bonds. The summed E-state index contributed by atoms with van der Waals surface area (Å²) in [7, 11) is 1.62. The van der Waals surface area contributed by atoms with Crippen molar-refractivity contribution in [1.29, 1.82) is 0 Å². The van der Waals surface area contributed by atoms with Crippen LogP contribution in [0.3, 0.4) is 0 Å². The highest BCUT2D eigenvalue weighted by molar-refractivity contribution is 5.84. The van der Waals surface area contributed by atoms with Gasteiger partial charge in [0, 0.05) is 18.6 Å². The topological polar surface area (TPSA) is 73.6 Å². The van der Waals surface area contributed by atoms with E-state index < -0.39 is 6.09 Å². The highest BCUT2D eigenvalue weighted by Gasteiger charge is 2.25. The lowest BCUT2D eigenvalue weighted by Crippen LogP contribution is -2.23. The number of hydrogen-bond acceptors (Lipinski definition) is 5. The van der Waals surface area contributed by atoms with Crippen molar-refractivity contribution in [2.24, 2.45) is 0 Å². The fourth-order valence-corrected chi connectivity index (χ4v) is 1.81. The number of aromatic nitrogens is 1. The molecule has 2 rings (SSSR count). The summed E-state index contributed by atoms with van der Waals surface area (Å²) >= 11 is 0. The summed E-state index contributed by atoms with van der Waals surface area (Å²) in [5, 5.41) is 6.44. The third-order valence-corrected chi connectivity index (χ3v) is 2.89. The van der Waals surface area contributed by atoms with Gasteiger partial charge in [0.2, 0.25) is 5.88 Å². The summed E-state index contributed by atoms with van der Waals surface area (Å²) in [6, 6.07) is 10.4. The molecule has 0 bridgehead atoms. The number of carbonyl (C=O) groups is 1. The van der Waals surface area contributed by atoms with Crippen molar-refractivity contribution in [2.45, 2.75) is 19.3 Å². The highest BCUT2D eigenvalue weighted by Crippen LogP contribution is 2.25. The van der Waals surface area contributed by atoms with Crippen LogP contribution in [0.5, 0.6) is 5.75 Å². The second kappa shape index (κ2) is 6.41. The van der Waals surface area contributed by atoms with Gasteiger partial charge < -0.3 is 14.0 Å². The summed E-state index contributed by atoms with van der Waals surface area (Å²) in [5.41, 5.74) is 0.390. The maximum Gasteiger partial charge on any atom is 0.419 e. The molecule has 1 N–H and O–H groups in total. The fourth-order valence-electron chi connectivity index (χ4n) is 1.81. The number of carbonyl (C=O) groups excluding carboxylic acids is 1. The molecule has 2 aromatic rings. The Labute approximate surface area is 123 Å². The third kappa shape index (κ3) is 4.06. The normalized spacial score (nSPS) is 11.2. The molecule has 0 radical (unpaired) electrons. The van der Waals surface area contributed by atoms with Gasteiger partial charge in [0.25, 0.3) is 0 Å². The maximum atomic E-state index is 11.7. The van der Waals surface area contributed by atoms with E-state index in [2.05, 4.69) is 10.5 Å². The largest absolute Gasteiger partial charge is 0.419 e. The molecular weight excluding hydrogens is 272 g/mol. The van der Waals surface area contributed by atoms with Gasteiger partial charge in [-0.1, -0.05) is 37.2 Å². The van der Waals surface area contributed by atoms with Crippen LogP contribution in [0, 0.1) is 0 Å². The Morgan fingerprint density at radius 2 is 2.05 bits per heavy atom. The fraction of sp³-hybridized carbons (Fsp3) is 0.333. The molecule has 0 atom stereocenters. The number of rotatable bonds is 5. The van der Waals surface area contributed by atoms with Gasteiger partial charge in [-0.05, 0) is 12.1 Å². The molecule has 1 aromatic heterocycles. The Balaban J connectivity index is 1.98. The second-order valence-corrected chi connectivity index (χ2v) is 5.22. The number of para-hydroxylation sites is 1. The number of amides is 1. The van der Waals surface area contributed by atoms with Crippen molar-refractivity contribution in [3.63, 3.8) is 0 Å². The standard InChI is InChI=1S/C15H18N2O4/c1-15(2,10-19-3)12-9-13(21-17-12)16-14(18)20-11-7-5-4-6-8-11/h4-9H,10H2,1-3H3,(H,16,18). The predicted octanol–water partition coefficient (Wildman–Crippen LogP) is 3.21. The average Bonchev–Trinajstić information content (AvgIpc) is 2.89. The van der Waals surface area contributed by atoms with E-state index in [1.165, 1.54) is 0 Å². The zero-order valence-electron chi connectivity index (χ0n) is 12.3. The first kappa shape index (κ1) is 15.1. The summed E-state index contributed by atoms with van der Waals surface area (Å²) in [6.45, 7) is 4.44. The summed E-state index contributed by atoms with van der Waals surface area (Å²) in [6.07, 6.45) is -0.631. The number of methoxy groups -OCH3 is 1. The predicted molar refractivity (Wildman–Crippen MR) is 77.5 cm³/mol. The summed E-state index contributed by atoms with van der Waals surface area (Å²) in [4.78, 5) is 11.7. The van der Waals surface area contributed by atoms with Gasteiger partial charge in [-0.15, -0.1) is 0 Å². The van der Waals surface area contributed by atoms with Crippen LogP contribution in [0.4, 0.5) is 10.7 Å². The molecule has 112 valence electrons. The Morgan fingerprint density at radius 1 is 1.33 bits per heavy atom. The van der Waals surface area contributed by atoms with Crippen molar-refractivity contribution >= 4 is 12.0 Å². The van der Waals surface area contributed by atoms with Crippen molar-refractivity contribution in [1.82, 2.24) is 5.16 Å². The molecule has 0 aliphatic rings. The van der Waals surface area contributed by atoms with E-state index in [0.717, 1.165) is 0 Å². The lowest BCUT2D eigenvalue weighted by molar-refractivity contribution is 0.142. The van der Waals surface area contributed by atoms with E-state index in [-0.39, 0.29) is 11.3 Å². The Bertz CT molecular complexity index is 593. The van der Waals surface area contributed by atoms with Crippen LogP contribution < -0.4 is 10.1 Å². The molecule has 1 heterocycles. The number of ether oxygens (including phenoxy) is 2. The minimum absolute atomic E-state index is 0.232. The Morgan fingerprint density at radius 3 is 2.71 bits per heavy atom. The molecule has 0 unspecified atom stereocenters. The molecule has 21 heavy (non-hydrogen) atoms. The van der Waals surface area contributed by atoms with Crippen LogP contribution in [0.25, 0.3) is 0 Å². The van der Waals surface area contributed by atoms with Crippen LogP contribution in [-0.2, 0) is 10.2 Å². The van der Waals surface area contributed by atoms with E-state index in [4.69, 9.17) is 14.0 Å². The van der Waals surface area contributed by atoms with Crippen LogP contribution >= 0.6 is 0 Å². The van der Waals surface area contributed by atoms with Crippen LogP contribution in [-0.4, -0.2) is 25.0 Å². The molecule has 0 aliphatic carbocycles. The van der Waals surface area contributed by atoms with E-state index in [1.807, 2.05) is 19.9 Å². The molecule has 0 fully saturated rings. The lowest BCUT2D eigenvalue weighted by Gasteiger charge is -2.19. The molecule has 0 aliphatic heterocycles. The van der Waals surface area contributed by atoms with E-state index in [0.29, 0.717) is 18.1 Å². The van der Waals surface area contributed by atoms with Crippen molar-refractivity contribution in [2.75, 3.05) is 19.0 Å². The quantitative estimate of drug-likeness (QED) is 0.915. The van der Waals surface area contributed by atoms with E-state index in [1.54, 1.807) is 37.4 Å². The molecule has 1 aromatic carbocycles. The van der Waals surface area contributed by atoms with Gasteiger partial charge in [0.05, 0.1) is 12.3 Å². The molecule has 6 heteroatoms. The monoisotopic (exact) mass is 290 g/mol. The molecule has 6 nitrogen and oxygen atoms in total. The Kier molecular flexibility index (Phi) is 4.59. The van der Waals surface area contributed by atoms with Gasteiger partial charge in [-0.25, -0.2) is 4.79 Å². The minimum atomic E-state index is -0.631. The summed E-state index contributed by atoms with van der Waals surface area (Å²) in [5.74, 6) is 0.685. The van der Waals surface area contributed by atoms with E-state index in [9.17, 15) is 4.79 Å². The molecule has 0 saturated heterocycles. The van der Waals surface area contributed by atoms with Crippen molar-refractivity contribution < 1.29 is 18.8 Å². The number of nitrogens with zero attached hydrogens (tertiary/aromatic N) is 1. The van der Waals surface area contributed by atoms with Gasteiger partial charge in [-0.2, -0.15) is 0 Å². The molecular formula is C15H18N2O4. The molecule has 0 saturated carbocycles.